The van der Waals surface area contributed by atoms with Gasteiger partial charge in [-0.15, -0.1) is 5.10 Å². The van der Waals surface area contributed by atoms with Crippen molar-refractivity contribution in [1.82, 2.24) is 24.8 Å². The molecule has 0 atom stereocenters. The summed E-state index contributed by atoms with van der Waals surface area (Å²) in [7, 11) is 0. The molecule has 3 heterocycles. The third-order valence-corrected chi connectivity index (χ3v) is 5.04. The first-order chi connectivity index (χ1) is 13.3. The van der Waals surface area contributed by atoms with Crippen LogP contribution in [-0.4, -0.2) is 56.2 Å². The normalized spacial score (nSPS) is 17.9. The minimum atomic E-state index is -4.48. The van der Waals surface area contributed by atoms with E-state index in [4.69, 9.17) is 0 Å². The zero-order chi connectivity index (χ0) is 19.9. The Morgan fingerprint density at radius 1 is 1.25 bits per heavy atom. The van der Waals surface area contributed by atoms with Gasteiger partial charge in [0.1, 0.15) is 5.69 Å². The predicted molar refractivity (Wildman–Crippen MR) is 91.1 cm³/mol. The summed E-state index contributed by atoms with van der Waals surface area (Å²) in [4.78, 5) is 27.3. The highest BCUT2D eigenvalue weighted by Crippen LogP contribution is 2.30. The van der Waals surface area contributed by atoms with Crippen molar-refractivity contribution in [2.45, 2.75) is 31.6 Å². The van der Waals surface area contributed by atoms with Gasteiger partial charge in [0, 0.05) is 31.6 Å². The lowest BCUT2D eigenvalue weighted by Crippen LogP contribution is -2.50. The van der Waals surface area contributed by atoms with Crippen molar-refractivity contribution in [3.05, 3.63) is 47.3 Å². The van der Waals surface area contributed by atoms with Crippen molar-refractivity contribution in [2.75, 3.05) is 19.6 Å². The van der Waals surface area contributed by atoms with Crippen molar-refractivity contribution < 1.29 is 22.8 Å². The number of likely N-dealkylation sites (tertiary alicyclic amines) is 2. The number of amides is 2. The third kappa shape index (κ3) is 3.58. The van der Waals surface area contributed by atoms with Crippen LogP contribution in [0.15, 0.2) is 30.5 Å². The Morgan fingerprint density at radius 3 is 2.71 bits per heavy atom. The molecular weight excluding hydrogens is 375 g/mol. The van der Waals surface area contributed by atoms with E-state index >= 15 is 0 Å². The molecule has 2 aliphatic heterocycles. The van der Waals surface area contributed by atoms with Crippen LogP contribution in [0, 0.1) is 0 Å². The molecule has 0 saturated carbocycles. The molecule has 0 spiro atoms. The summed E-state index contributed by atoms with van der Waals surface area (Å²) in [6.45, 7) is 1.83. The lowest BCUT2D eigenvalue weighted by molar-refractivity contribution is -0.137. The van der Waals surface area contributed by atoms with Crippen LogP contribution in [0.4, 0.5) is 13.2 Å². The molecular formula is C18H18F3N5O2. The molecule has 0 radical (unpaired) electrons. The molecule has 0 bridgehead atoms. The van der Waals surface area contributed by atoms with Gasteiger partial charge in [0.2, 0.25) is 5.91 Å². The first-order valence-electron chi connectivity index (χ1n) is 8.96. The van der Waals surface area contributed by atoms with Crippen LogP contribution >= 0.6 is 0 Å². The van der Waals surface area contributed by atoms with Gasteiger partial charge in [-0.25, -0.2) is 4.68 Å². The molecule has 2 aromatic rings. The lowest BCUT2D eigenvalue weighted by Gasteiger charge is -2.39. The molecule has 1 aromatic heterocycles. The number of benzene rings is 1. The molecule has 0 aliphatic carbocycles. The zero-order valence-electron chi connectivity index (χ0n) is 14.9. The van der Waals surface area contributed by atoms with Gasteiger partial charge >= 0.3 is 6.18 Å². The Morgan fingerprint density at radius 2 is 2.04 bits per heavy atom. The molecule has 148 valence electrons. The van der Waals surface area contributed by atoms with E-state index in [1.165, 1.54) is 17.0 Å². The quantitative estimate of drug-likeness (QED) is 0.798. The Kier molecular flexibility index (Phi) is 4.56. The first kappa shape index (κ1) is 18.5. The SMILES string of the molecule is O=C1CCCN1Cc1cn(C2CN(C(=O)c3cccc(C(F)(F)F)c3)C2)nn1. The van der Waals surface area contributed by atoms with Crippen molar-refractivity contribution in [1.29, 1.82) is 0 Å². The molecule has 4 rings (SSSR count). The Bertz CT molecular complexity index is 905. The van der Waals surface area contributed by atoms with Crippen molar-refractivity contribution in [3.8, 4) is 0 Å². The molecule has 0 N–H and O–H groups in total. The number of alkyl halides is 3. The second-order valence-corrected chi connectivity index (χ2v) is 7.05. The molecule has 2 saturated heterocycles. The van der Waals surface area contributed by atoms with Crippen LogP contribution in [0.3, 0.4) is 0 Å². The predicted octanol–water partition coefficient (Wildman–Crippen LogP) is 2.12. The van der Waals surface area contributed by atoms with E-state index in [2.05, 4.69) is 10.3 Å². The van der Waals surface area contributed by atoms with Gasteiger partial charge in [-0.3, -0.25) is 9.59 Å². The number of rotatable bonds is 4. The first-order valence-corrected chi connectivity index (χ1v) is 8.96. The van der Waals surface area contributed by atoms with Crippen LogP contribution in [0.5, 0.6) is 0 Å². The Hall–Kier alpha value is -2.91. The molecule has 0 unspecified atom stereocenters. The van der Waals surface area contributed by atoms with E-state index in [9.17, 15) is 22.8 Å². The highest BCUT2D eigenvalue weighted by atomic mass is 19.4. The molecule has 2 amide bonds. The van der Waals surface area contributed by atoms with Gasteiger partial charge in [0.05, 0.1) is 24.3 Å². The summed E-state index contributed by atoms with van der Waals surface area (Å²) < 4.78 is 40.1. The molecule has 10 heteroatoms. The van der Waals surface area contributed by atoms with Gasteiger partial charge in [-0.05, 0) is 24.6 Å². The maximum Gasteiger partial charge on any atom is 0.416 e. The summed E-state index contributed by atoms with van der Waals surface area (Å²) in [5.74, 6) is -0.332. The lowest BCUT2D eigenvalue weighted by atomic mass is 10.0. The van der Waals surface area contributed by atoms with Crippen LogP contribution in [-0.2, 0) is 17.5 Å². The van der Waals surface area contributed by atoms with Crippen molar-refractivity contribution in [3.63, 3.8) is 0 Å². The van der Waals surface area contributed by atoms with Crippen LogP contribution in [0.2, 0.25) is 0 Å². The van der Waals surface area contributed by atoms with E-state index in [0.29, 0.717) is 38.3 Å². The third-order valence-electron chi connectivity index (χ3n) is 5.04. The fourth-order valence-corrected chi connectivity index (χ4v) is 3.43. The summed E-state index contributed by atoms with van der Waals surface area (Å²) >= 11 is 0. The fourth-order valence-electron chi connectivity index (χ4n) is 3.43. The standard InChI is InChI=1S/C18H18F3N5O2/c19-18(20,21)13-4-1-3-12(7-13)17(28)25-10-15(11-25)26-9-14(22-23-26)8-24-6-2-5-16(24)27/h1,3-4,7,9,15H,2,5-6,8,10-11H2. The largest absolute Gasteiger partial charge is 0.416 e. The van der Waals surface area contributed by atoms with E-state index < -0.39 is 17.6 Å². The Labute approximate surface area is 158 Å². The number of hydrogen-bond acceptors (Lipinski definition) is 4. The highest BCUT2D eigenvalue weighted by Gasteiger charge is 2.35. The number of carbonyl (C=O) groups excluding carboxylic acids is 2. The zero-order valence-corrected chi connectivity index (χ0v) is 14.9. The Balaban J connectivity index is 1.36. The van der Waals surface area contributed by atoms with E-state index in [0.717, 1.165) is 18.6 Å². The minimum Gasteiger partial charge on any atom is -0.337 e. The smallest absolute Gasteiger partial charge is 0.337 e. The van der Waals surface area contributed by atoms with Crippen molar-refractivity contribution >= 4 is 11.8 Å². The average Bonchev–Trinajstić information content (AvgIpc) is 3.23. The second kappa shape index (κ2) is 6.92. The molecule has 2 fully saturated rings. The number of halogens is 3. The van der Waals surface area contributed by atoms with Gasteiger partial charge in [0.25, 0.3) is 5.91 Å². The van der Waals surface area contributed by atoms with Crippen molar-refractivity contribution in [2.24, 2.45) is 0 Å². The number of carbonyl (C=O) groups is 2. The van der Waals surface area contributed by atoms with E-state index in [-0.39, 0.29) is 17.5 Å². The summed E-state index contributed by atoms with van der Waals surface area (Å²) in [6, 6.07) is 4.35. The monoisotopic (exact) mass is 393 g/mol. The maximum atomic E-state index is 12.8. The number of nitrogens with zero attached hydrogens (tertiary/aromatic N) is 5. The maximum absolute atomic E-state index is 12.8. The van der Waals surface area contributed by atoms with Gasteiger partial charge in [-0.2, -0.15) is 13.2 Å². The summed E-state index contributed by atoms with van der Waals surface area (Å²) in [5, 5.41) is 8.13. The van der Waals surface area contributed by atoms with Crippen LogP contribution in [0.25, 0.3) is 0 Å². The number of hydrogen-bond donors (Lipinski definition) is 0. The number of aromatic nitrogens is 3. The van der Waals surface area contributed by atoms with Crippen LogP contribution < -0.4 is 0 Å². The second-order valence-electron chi connectivity index (χ2n) is 7.05. The average molecular weight is 393 g/mol. The van der Waals surface area contributed by atoms with Gasteiger partial charge in [0.15, 0.2) is 0 Å². The van der Waals surface area contributed by atoms with Crippen LogP contribution in [0.1, 0.15) is 40.5 Å². The minimum absolute atomic E-state index is 0.0140. The molecule has 7 nitrogen and oxygen atoms in total. The van der Waals surface area contributed by atoms with Gasteiger partial charge < -0.3 is 9.80 Å². The van der Waals surface area contributed by atoms with E-state index in [1.807, 2.05) is 0 Å². The molecule has 28 heavy (non-hydrogen) atoms. The summed E-state index contributed by atoms with van der Waals surface area (Å²) in [6.07, 6.45) is -1.32. The van der Waals surface area contributed by atoms with Gasteiger partial charge in [-0.1, -0.05) is 11.3 Å². The molecule has 1 aromatic carbocycles. The molecule has 2 aliphatic rings. The summed E-state index contributed by atoms with van der Waals surface area (Å²) in [5.41, 5.74) is -0.147. The van der Waals surface area contributed by atoms with E-state index in [1.54, 1.807) is 15.8 Å². The fraction of sp³-hybridized carbons (Fsp3) is 0.444. The highest BCUT2D eigenvalue weighted by molar-refractivity contribution is 5.95. The topological polar surface area (TPSA) is 71.3 Å².